The average Bonchev–Trinajstić information content (AvgIpc) is 2.60. The minimum absolute atomic E-state index is 0.129. The van der Waals surface area contributed by atoms with E-state index in [1.165, 1.54) is 0 Å². The number of benzene rings is 2. The Morgan fingerprint density at radius 2 is 1.84 bits per heavy atom. The summed E-state index contributed by atoms with van der Waals surface area (Å²) in [7, 11) is 1.55. The van der Waals surface area contributed by atoms with Gasteiger partial charge in [-0.05, 0) is 42.8 Å². The van der Waals surface area contributed by atoms with Crippen LogP contribution in [0.3, 0.4) is 0 Å². The van der Waals surface area contributed by atoms with Gasteiger partial charge in [-0.1, -0.05) is 22.0 Å². The number of amides is 2. The highest BCUT2D eigenvalue weighted by Crippen LogP contribution is 2.20. The Hall–Kier alpha value is -2.54. The van der Waals surface area contributed by atoms with Gasteiger partial charge in [-0.15, -0.1) is 0 Å². The maximum absolute atomic E-state index is 11.9. The smallest absolute Gasteiger partial charge is 0.258 e. The molecular formula is C18H19BrN2O4. The lowest BCUT2D eigenvalue weighted by molar-refractivity contribution is -0.125. The molecule has 2 aromatic carbocycles. The van der Waals surface area contributed by atoms with Crippen LogP contribution in [0.1, 0.15) is 5.56 Å². The Bertz CT molecular complexity index is 764. The summed E-state index contributed by atoms with van der Waals surface area (Å²) in [4.78, 5) is 23.7. The fourth-order valence-electron chi connectivity index (χ4n) is 2.03. The van der Waals surface area contributed by atoms with Crippen molar-refractivity contribution in [2.45, 2.75) is 6.92 Å². The third-order valence-corrected chi connectivity index (χ3v) is 3.81. The summed E-state index contributed by atoms with van der Waals surface area (Å²) < 4.78 is 11.4. The number of carbonyl (C=O) groups is 2. The number of anilines is 1. The second-order valence-corrected chi connectivity index (χ2v) is 6.17. The van der Waals surface area contributed by atoms with E-state index >= 15 is 0 Å². The molecule has 7 heteroatoms. The summed E-state index contributed by atoms with van der Waals surface area (Å²) >= 11 is 3.37. The monoisotopic (exact) mass is 406 g/mol. The maximum atomic E-state index is 11.9. The number of nitrogens with one attached hydrogen (secondary N) is 2. The molecule has 6 nitrogen and oxygen atoms in total. The molecule has 0 spiro atoms. The molecule has 0 unspecified atom stereocenters. The van der Waals surface area contributed by atoms with Gasteiger partial charge in [-0.2, -0.15) is 0 Å². The zero-order valence-corrected chi connectivity index (χ0v) is 15.6. The maximum Gasteiger partial charge on any atom is 0.258 e. The molecule has 0 radical (unpaired) electrons. The summed E-state index contributed by atoms with van der Waals surface area (Å²) in [5, 5.41) is 5.27. The molecule has 2 rings (SSSR count). The van der Waals surface area contributed by atoms with Crippen LogP contribution in [0.4, 0.5) is 5.69 Å². The first kappa shape index (κ1) is 18.8. The average molecular weight is 407 g/mol. The van der Waals surface area contributed by atoms with Gasteiger partial charge < -0.3 is 20.1 Å². The summed E-state index contributed by atoms with van der Waals surface area (Å²) in [5.74, 6) is 0.470. The number of aryl methyl sites for hydroxylation is 1. The Morgan fingerprint density at radius 3 is 2.56 bits per heavy atom. The van der Waals surface area contributed by atoms with Gasteiger partial charge in [0.2, 0.25) is 5.91 Å². The molecule has 2 amide bonds. The van der Waals surface area contributed by atoms with Crippen molar-refractivity contribution in [2.75, 3.05) is 25.6 Å². The lowest BCUT2D eigenvalue weighted by Crippen LogP contribution is -2.35. The standard InChI is InChI=1S/C18H19BrN2O4/c1-12-8-13(19)6-7-16(12)21-17(22)10-20-18(23)11-25-15-5-3-4-14(9-15)24-2/h3-9H,10-11H2,1-2H3,(H,20,23)(H,21,22). The first-order valence-corrected chi connectivity index (χ1v) is 8.37. The highest BCUT2D eigenvalue weighted by atomic mass is 79.9. The molecule has 2 N–H and O–H groups in total. The normalized spacial score (nSPS) is 10.0. The molecule has 0 aliphatic rings. The van der Waals surface area contributed by atoms with Gasteiger partial charge in [-0.3, -0.25) is 9.59 Å². The van der Waals surface area contributed by atoms with E-state index in [4.69, 9.17) is 9.47 Å². The minimum Gasteiger partial charge on any atom is -0.497 e. The zero-order valence-electron chi connectivity index (χ0n) is 14.0. The minimum atomic E-state index is -0.384. The fraction of sp³-hybridized carbons (Fsp3) is 0.222. The van der Waals surface area contributed by atoms with Crippen molar-refractivity contribution in [1.82, 2.24) is 5.32 Å². The number of ether oxygens (including phenoxy) is 2. The quantitative estimate of drug-likeness (QED) is 0.740. The zero-order chi connectivity index (χ0) is 18.2. The number of carbonyl (C=O) groups excluding carboxylic acids is 2. The number of hydrogen-bond donors (Lipinski definition) is 2. The second-order valence-electron chi connectivity index (χ2n) is 5.25. The van der Waals surface area contributed by atoms with Crippen molar-refractivity contribution >= 4 is 33.4 Å². The molecule has 0 aliphatic heterocycles. The van der Waals surface area contributed by atoms with Gasteiger partial charge in [0.15, 0.2) is 6.61 Å². The molecule has 0 bridgehead atoms. The molecule has 0 atom stereocenters. The molecule has 0 saturated heterocycles. The largest absolute Gasteiger partial charge is 0.497 e. The Labute approximate surface area is 154 Å². The van der Waals surface area contributed by atoms with Crippen molar-refractivity contribution in [3.63, 3.8) is 0 Å². The van der Waals surface area contributed by atoms with E-state index in [0.29, 0.717) is 17.2 Å². The summed E-state index contributed by atoms with van der Waals surface area (Å²) in [6.07, 6.45) is 0. The van der Waals surface area contributed by atoms with E-state index in [1.807, 2.05) is 19.1 Å². The molecule has 0 aromatic heterocycles. The number of halogens is 1. The summed E-state index contributed by atoms with van der Waals surface area (Å²) in [6, 6.07) is 12.5. The van der Waals surface area contributed by atoms with Crippen molar-refractivity contribution in [3.8, 4) is 11.5 Å². The number of rotatable bonds is 7. The Balaban J connectivity index is 1.76. The van der Waals surface area contributed by atoms with E-state index in [2.05, 4.69) is 26.6 Å². The molecule has 0 aliphatic carbocycles. The Morgan fingerprint density at radius 1 is 1.08 bits per heavy atom. The van der Waals surface area contributed by atoms with E-state index in [0.717, 1.165) is 10.0 Å². The van der Waals surface area contributed by atoms with Crippen LogP contribution in [0.25, 0.3) is 0 Å². The van der Waals surface area contributed by atoms with E-state index in [1.54, 1.807) is 37.4 Å². The molecule has 0 fully saturated rings. The van der Waals surface area contributed by atoms with Gasteiger partial charge in [0.25, 0.3) is 5.91 Å². The third-order valence-electron chi connectivity index (χ3n) is 3.32. The lowest BCUT2D eigenvalue weighted by atomic mass is 10.2. The van der Waals surface area contributed by atoms with Gasteiger partial charge in [-0.25, -0.2) is 0 Å². The molecule has 0 saturated carbocycles. The summed E-state index contributed by atoms with van der Waals surface area (Å²) in [6.45, 7) is 1.58. The molecular weight excluding hydrogens is 388 g/mol. The lowest BCUT2D eigenvalue weighted by Gasteiger charge is -2.10. The topological polar surface area (TPSA) is 76.7 Å². The predicted octanol–water partition coefficient (Wildman–Crippen LogP) is 2.90. The van der Waals surface area contributed by atoms with Crippen molar-refractivity contribution in [3.05, 3.63) is 52.5 Å². The van der Waals surface area contributed by atoms with E-state index < -0.39 is 0 Å². The van der Waals surface area contributed by atoms with Crippen LogP contribution in [0, 0.1) is 6.92 Å². The predicted molar refractivity (Wildman–Crippen MR) is 99.0 cm³/mol. The van der Waals surface area contributed by atoms with Crippen molar-refractivity contribution in [2.24, 2.45) is 0 Å². The van der Waals surface area contributed by atoms with E-state index in [9.17, 15) is 9.59 Å². The van der Waals surface area contributed by atoms with Crippen LogP contribution in [-0.2, 0) is 9.59 Å². The number of methoxy groups -OCH3 is 1. The van der Waals surface area contributed by atoms with Crippen LogP contribution in [-0.4, -0.2) is 32.1 Å². The van der Waals surface area contributed by atoms with Gasteiger partial charge in [0.05, 0.1) is 13.7 Å². The van der Waals surface area contributed by atoms with Crippen molar-refractivity contribution in [1.29, 1.82) is 0 Å². The van der Waals surface area contributed by atoms with Gasteiger partial charge in [0.1, 0.15) is 11.5 Å². The fourth-order valence-corrected chi connectivity index (χ4v) is 2.51. The highest BCUT2D eigenvalue weighted by Gasteiger charge is 2.08. The highest BCUT2D eigenvalue weighted by molar-refractivity contribution is 9.10. The van der Waals surface area contributed by atoms with Crippen molar-refractivity contribution < 1.29 is 19.1 Å². The first-order chi connectivity index (χ1) is 12.0. The van der Waals surface area contributed by atoms with Gasteiger partial charge in [0, 0.05) is 16.2 Å². The Kier molecular flexibility index (Phi) is 6.82. The molecule has 2 aromatic rings. The van der Waals surface area contributed by atoms with E-state index in [-0.39, 0.29) is 25.0 Å². The molecule has 25 heavy (non-hydrogen) atoms. The second kappa shape index (κ2) is 9.08. The van der Waals surface area contributed by atoms with Crippen LogP contribution >= 0.6 is 15.9 Å². The first-order valence-electron chi connectivity index (χ1n) is 7.57. The van der Waals surface area contributed by atoms with Crippen LogP contribution in [0.2, 0.25) is 0 Å². The SMILES string of the molecule is COc1cccc(OCC(=O)NCC(=O)Nc2ccc(Br)cc2C)c1. The molecule has 132 valence electrons. The van der Waals surface area contributed by atoms with Crippen LogP contribution in [0.5, 0.6) is 11.5 Å². The third kappa shape index (κ3) is 6.11. The van der Waals surface area contributed by atoms with Gasteiger partial charge >= 0.3 is 0 Å². The van der Waals surface area contributed by atoms with Crippen LogP contribution < -0.4 is 20.1 Å². The number of hydrogen-bond acceptors (Lipinski definition) is 4. The molecule has 0 heterocycles. The summed E-state index contributed by atoms with van der Waals surface area (Å²) in [5.41, 5.74) is 1.63. The van der Waals surface area contributed by atoms with Crippen LogP contribution in [0.15, 0.2) is 46.9 Å².